The van der Waals surface area contributed by atoms with Gasteiger partial charge in [-0.05, 0) is 45.4 Å². The molecule has 0 radical (unpaired) electrons. The summed E-state index contributed by atoms with van der Waals surface area (Å²) < 4.78 is 1.99. The van der Waals surface area contributed by atoms with Crippen molar-refractivity contribution in [3.8, 4) is 0 Å². The van der Waals surface area contributed by atoms with Crippen LogP contribution in [0.15, 0.2) is 4.99 Å². The van der Waals surface area contributed by atoms with E-state index in [0.29, 0.717) is 12.6 Å². The van der Waals surface area contributed by atoms with Crippen LogP contribution in [0.25, 0.3) is 0 Å². The molecular weight excluding hydrogens is 403 g/mol. The van der Waals surface area contributed by atoms with Crippen LogP contribution in [0.1, 0.15) is 57.6 Å². The van der Waals surface area contributed by atoms with Crippen LogP contribution in [0.4, 0.5) is 0 Å². The second-order valence-electron chi connectivity index (χ2n) is 6.19. The van der Waals surface area contributed by atoms with Gasteiger partial charge in [-0.3, -0.25) is 0 Å². The van der Waals surface area contributed by atoms with Gasteiger partial charge in [-0.2, -0.15) is 0 Å². The number of rotatable bonds is 5. The van der Waals surface area contributed by atoms with E-state index in [1.165, 1.54) is 32.1 Å². The first-order chi connectivity index (χ1) is 10.6. The number of nitrogens with zero attached hydrogens (tertiary/aromatic N) is 4. The standard InChI is InChI=1S/C16H30N6.HI/c1-5-13-7-9-14(10-8-13)19-16(17-6-2)18-11-15-21-20-12(3)22(15)4;/h13-14H,5-11H2,1-4H3,(H2,17,18,19);1H. The lowest BCUT2D eigenvalue weighted by molar-refractivity contribution is 0.304. The lowest BCUT2D eigenvalue weighted by Gasteiger charge is -2.29. The van der Waals surface area contributed by atoms with Crippen LogP contribution in [-0.4, -0.2) is 33.3 Å². The van der Waals surface area contributed by atoms with E-state index in [1.807, 2.05) is 18.5 Å². The van der Waals surface area contributed by atoms with E-state index in [2.05, 4.69) is 39.7 Å². The summed E-state index contributed by atoms with van der Waals surface area (Å²) in [4.78, 5) is 4.66. The minimum atomic E-state index is 0. The minimum Gasteiger partial charge on any atom is -0.357 e. The Bertz CT molecular complexity index is 491. The highest BCUT2D eigenvalue weighted by atomic mass is 127. The van der Waals surface area contributed by atoms with E-state index in [-0.39, 0.29) is 24.0 Å². The largest absolute Gasteiger partial charge is 0.357 e. The summed E-state index contributed by atoms with van der Waals surface area (Å²) in [6, 6.07) is 0.543. The second kappa shape index (κ2) is 10.1. The van der Waals surface area contributed by atoms with Crippen molar-refractivity contribution in [3.05, 3.63) is 11.6 Å². The van der Waals surface area contributed by atoms with Crippen LogP contribution < -0.4 is 10.6 Å². The summed E-state index contributed by atoms with van der Waals surface area (Å²) in [5.41, 5.74) is 0. The van der Waals surface area contributed by atoms with Gasteiger partial charge < -0.3 is 15.2 Å². The molecule has 1 aliphatic carbocycles. The van der Waals surface area contributed by atoms with Gasteiger partial charge in [-0.15, -0.1) is 34.2 Å². The van der Waals surface area contributed by atoms with E-state index < -0.39 is 0 Å². The third-order valence-corrected chi connectivity index (χ3v) is 4.67. The van der Waals surface area contributed by atoms with E-state index in [1.54, 1.807) is 0 Å². The van der Waals surface area contributed by atoms with Gasteiger partial charge in [0.25, 0.3) is 0 Å². The molecule has 1 heterocycles. The van der Waals surface area contributed by atoms with Gasteiger partial charge in [-0.25, -0.2) is 4.99 Å². The van der Waals surface area contributed by atoms with Crippen molar-refractivity contribution in [2.45, 2.75) is 65.5 Å². The molecule has 0 spiro atoms. The number of halogens is 1. The summed E-state index contributed by atoms with van der Waals surface area (Å²) >= 11 is 0. The smallest absolute Gasteiger partial charge is 0.191 e. The van der Waals surface area contributed by atoms with Crippen molar-refractivity contribution in [3.63, 3.8) is 0 Å². The van der Waals surface area contributed by atoms with Crippen molar-refractivity contribution in [2.24, 2.45) is 18.0 Å². The molecule has 1 fully saturated rings. The van der Waals surface area contributed by atoms with E-state index in [9.17, 15) is 0 Å². The summed E-state index contributed by atoms with van der Waals surface area (Å²) in [6.45, 7) is 7.77. The van der Waals surface area contributed by atoms with Crippen molar-refractivity contribution in [1.82, 2.24) is 25.4 Å². The highest BCUT2D eigenvalue weighted by Gasteiger charge is 2.20. The van der Waals surface area contributed by atoms with E-state index >= 15 is 0 Å². The molecule has 0 bridgehead atoms. The number of hydrogen-bond acceptors (Lipinski definition) is 3. The van der Waals surface area contributed by atoms with Crippen LogP contribution in [0.5, 0.6) is 0 Å². The number of aliphatic imine (C=N–C) groups is 1. The van der Waals surface area contributed by atoms with Crippen molar-refractivity contribution >= 4 is 29.9 Å². The van der Waals surface area contributed by atoms with Gasteiger partial charge in [0.05, 0.1) is 0 Å². The Balaban J connectivity index is 0.00000264. The Morgan fingerprint density at radius 3 is 2.43 bits per heavy atom. The molecule has 2 rings (SSSR count). The van der Waals surface area contributed by atoms with Crippen LogP contribution in [0.2, 0.25) is 0 Å². The third-order valence-electron chi connectivity index (χ3n) is 4.67. The number of nitrogens with one attached hydrogen (secondary N) is 2. The van der Waals surface area contributed by atoms with Gasteiger partial charge in [-0.1, -0.05) is 13.3 Å². The first kappa shape index (κ1) is 20.2. The van der Waals surface area contributed by atoms with Crippen molar-refractivity contribution < 1.29 is 0 Å². The lowest BCUT2D eigenvalue weighted by atomic mass is 9.84. The molecule has 7 heteroatoms. The normalized spacial score (nSPS) is 21.7. The average Bonchev–Trinajstić information content (AvgIpc) is 2.85. The molecule has 6 nitrogen and oxygen atoms in total. The highest BCUT2D eigenvalue weighted by Crippen LogP contribution is 2.26. The molecule has 0 saturated heterocycles. The van der Waals surface area contributed by atoms with Crippen molar-refractivity contribution in [2.75, 3.05) is 6.54 Å². The van der Waals surface area contributed by atoms with Gasteiger partial charge in [0.1, 0.15) is 12.4 Å². The maximum Gasteiger partial charge on any atom is 0.191 e. The molecule has 0 aromatic carbocycles. The number of aromatic nitrogens is 3. The Morgan fingerprint density at radius 2 is 1.91 bits per heavy atom. The zero-order chi connectivity index (χ0) is 15.9. The first-order valence-corrected chi connectivity index (χ1v) is 8.53. The summed E-state index contributed by atoms with van der Waals surface area (Å²) in [7, 11) is 1.98. The van der Waals surface area contributed by atoms with Gasteiger partial charge >= 0.3 is 0 Å². The fraction of sp³-hybridized carbons (Fsp3) is 0.812. The summed E-state index contributed by atoms with van der Waals surface area (Å²) in [5, 5.41) is 15.2. The van der Waals surface area contributed by atoms with Gasteiger partial charge in [0.2, 0.25) is 0 Å². The lowest BCUT2D eigenvalue weighted by Crippen LogP contribution is -2.44. The van der Waals surface area contributed by atoms with Crippen LogP contribution in [0.3, 0.4) is 0 Å². The molecule has 132 valence electrons. The Hall–Kier alpha value is -0.860. The topological polar surface area (TPSA) is 67.1 Å². The molecule has 1 saturated carbocycles. The molecular formula is C16H31IN6. The molecule has 0 atom stereocenters. The van der Waals surface area contributed by atoms with Crippen LogP contribution in [-0.2, 0) is 13.6 Å². The molecule has 2 N–H and O–H groups in total. The highest BCUT2D eigenvalue weighted by molar-refractivity contribution is 14.0. The summed E-state index contributed by atoms with van der Waals surface area (Å²) in [6.07, 6.45) is 6.45. The Labute approximate surface area is 157 Å². The monoisotopic (exact) mass is 434 g/mol. The Morgan fingerprint density at radius 1 is 1.22 bits per heavy atom. The zero-order valence-corrected chi connectivity index (χ0v) is 17.1. The molecule has 0 unspecified atom stereocenters. The predicted molar refractivity (Wildman–Crippen MR) is 105 cm³/mol. The predicted octanol–water partition coefficient (Wildman–Crippen LogP) is 2.77. The first-order valence-electron chi connectivity index (χ1n) is 8.53. The van der Waals surface area contributed by atoms with Crippen LogP contribution in [0, 0.1) is 12.8 Å². The molecule has 0 aliphatic heterocycles. The SMILES string of the molecule is CCNC(=NCc1nnc(C)n1C)NC1CCC(CC)CC1.I. The number of guanidine groups is 1. The van der Waals surface area contributed by atoms with Gasteiger partial charge in [0, 0.05) is 19.6 Å². The van der Waals surface area contributed by atoms with E-state index in [4.69, 9.17) is 0 Å². The molecule has 1 aliphatic rings. The third kappa shape index (κ3) is 5.93. The van der Waals surface area contributed by atoms with E-state index in [0.717, 1.165) is 30.1 Å². The maximum absolute atomic E-state index is 4.66. The maximum atomic E-state index is 4.66. The number of hydrogen-bond donors (Lipinski definition) is 2. The summed E-state index contributed by atoms with van der Waals surface area (Å²) in [5.74, 6) is 3.62. The quantitative estimate of drug-likeness (QED) is 0.425. The zero-order valence-electron chi connectivity index (χ0n) is 14.8. The minimum absolute atomic E-state index is 0. The van der Waals surface area contributed by atoms with Crippen molar-refractivity contribution in [1.29, 1.82) is 0 Å². The Kier molecular flexibility index (Phi) is 8.86. The molecule has 0 amide bonds. The number of aryl methyl sites for hydroxylation is 1. The average molecular weight is 434 g/mol. The fourth-order valence-electron chi connectivity index (χ4n) is 2.97. The molecule has 1 aromatic rings. The fourth-order valence-corrected chi connectivity index (χ4v) is 2.97. The van der Waals surface area contributed by atoms with Gasteiger partial charge in [0.15, 0.2) is 11.8 Å². The second-order valence-corrected chi connectivity index (χ2v) is 6.19. The molecule has 1 aromatic heterocycles. The molecule has 23 heavy (non-hydrogen) atoms. The van der Waals surface area contributed by atoms with Crippen LogP contribution >= 0.6 is 24.0 Å².